The van der Waals surface area contributed by atoms with Crippen molar-refractivity contribution in [2.45, 2.75) is 32.0 Å². The van der Waals surface area contributed by atoms with Gasteiger partial charge in [0.25, 0.3) is 0 Å². The molecule has 2 aromatic carbocycles. The minimum atomic E-state index is -1.51. The van der Waals surface area contributed by atoms with E-state index in [1.54, 1.807) is 19.1 Å². The number of aromatic hydroxyl groups is 1. The average molecular weight is 414 g/mol. The van der Waals surface area contributed by atoms with Gasteiger partial charge < -0.3 is 20.1 Å². The van der Waals surface area contributed by atoms with Gasteiger partial charge in [0.05, 0.1) is 12.7 Å². The monoisotopic (exact) mass is 414 g/mol. The number of aliphatic hydroxyl groups excluding tert-OH is 2. The van der Waals surface area contributed by atoms with Crippen LogP contribution >= 0.6 is 0 Å². The van der Waals surface area contributed by atoms with E-state index in [9.17, 15) is 24.5 Å². The molecule has 0 fully saturated rings. The van der Waals surface area contributed by atoms with E-state index in [1.807, 2.05) is 30.3 Å². The SMILES string of the molecule is C=C[C@H]([C@H](O)CC/C(=C/c1ccc(O)c(F)c1)c1ccccc1)[C@H](O)C(=O)OCC. The van der Waals surface area contributed by atoms with Crippen molar-refractivity contribution in [2.75, 3.05) is 6.61 Å². The molecule has 0 unspecified atom stereocenters. The predicted octanol–water partition coefficient (Wildman–Crippen LogP) is 3.94. The number of allylic oxidation sites excluding steroid dienone is 1. The summed E-state index contributed by atoms with van der Waals surface area (Å²) >= 11 is 0. The Morgan fingerprint density at radius 3 is 2.50 bits per heavy atom. The number of carbonyl (C=O) groups excluding carboxylic acids is 1. The summed E-state index contributed by atoms with van der Waals surface area (Å²) in [6.07, 6.45) is 1.20. The Hall–Kier alpha value is -2.96. The highest BCUT2D eigenvalue weighted by atomic mass is 19.1. The normalized spacial score (nSPS) is 14.6. The molecular weight excluding hydrogens is 387 g/mol. The summed E-state index contributed by atoms with van der Waals surface area (Å²) in [5, 5.41) is 30.1. The molecule has 0 amide bonds. The van der Waals surface area contributed by atoms with Crippen molar-refractivity contribution in [3.05, 3.63) is 78.1 Å². The highest BCUT2D eigenvalue weighted by Gasteiger charge is 2.30. The van der Waals surface area contributed by atoms with Crippen LogP contribution in [0.5, 0.6) is 5.75 Å². The van der Waals surface area contributed by atoms with Crippen LogP contribution in [-0.4, -0.2) is 40.1 Å². The van der Waals surface area contributed by atoms with Gasteiger partial charge in [-0.25, -0.2) is 9.18 Å². The summed E-state index contributed by atoms with van der Waals surface area (Å²) < 4.78 is 18.5. The van der Waals surface area contributed by atoms with Crippen LogP contribution < -0.4 is 0 Å². The fourth-order valence-electron chi connectivity index (χ4n) is 3.14. The number of ether oxygens (including phenoxy) is 1. The van der Waals surface area contributed by atoms with Crippen LogP contribution in [0.3, 0.4) is 0 Å². The van der Waals surface area contributed by atoms with Crippen molar-refractivity contribution in [1.29, 1.82) is 0 Å². The fourth-order valence-corrected chi connectivity index (χ4v) is 3.14. The highest BCUT2D eigenvalue weighted by Crippen LogP contribution is 2.27. The molecule has 0 spiro atoms. The number of rotatable bonds is 10. The van der Waals surface area contributed by atoms with Gasteiger partial charge in [-0.05, 0) is 48.6 Å². The molecule has 0 saturated heterocycles. The second-order valence-electron chi connectivity index (χ2n) is 6.86. The standard InChI is InChI=1S/C24H27FO5/c1-3-19(23(28)24(29)30-4-2)21(26)13-11-18(17-8-6-5-7-9-17)14-16-10-12-22(27)20(25)15-16/h3,5-10,12,14-15,19,21,23,26-28H,1,4,11,13H2,2H3/b18-14-/t19-,21-,23+/m1/s1. The maximum absolute atomic E-state index is 13.7. The third-order valence-corrected chi connectivity index (χ3v) is 4.78. The second-order valence-corrected chi connectivity index (χ2v) is 6.86. The van der Waals surface area contributed by atoms with Crippen molar-refractivity contribution in [3.63, 3.8) is 0 Å². The fraction of sp³-hybridized carbons (Fsp3) is 0.292. The maximum Gasteiger partial charge on any atom is 0.335 e. The first-order valence-electron chi connectivity index (χ1n) is 9.77. The van der Waals surface area contributed by atoms with Crippen LogP contribution in [0.1, 0.15) is 30.9 Å². The molecule has 0 aliphatic carbocycles. The summed E-state index contributed by atoms with van der Waals surface area (Å²) in [5.74, 6) is -2.84. The predicted molar refractivity (Wildman–Crippen MR) is 114 cm³/mol. The number of halogens is 1. The number of benzene rings is 2. The van der Waals surface area contributed by atoms with Crippen molar-refractivity contribution in [1.82, 2.24) is 0 Å². The molecule has 6 heteroatoms. The smallest absolute Gasteiger partial charge is 0.335 e. The molecule has 0 saturated carbocycles. The van der Waals surface area contributed by atoms with Gasteiger partial charge in [-0.3, -0.25) is 0 Å². The number of esters is 1. The van der Waals surface area contributed by atoms with E-state index in [0.29, 0.717) is 12.0 Å². The lowest BCUT2D eigenvalue weighted by Crippen LogP contribution is -2.37. The third-order valence-electron chi connectivity index (χ3n) is 4.78. The van der Waals surface area contributed by atoms with E-state index in [-0.39, 0.29) is 13.0 Å². The first-order valence-corrected chi connectivity index (χ1v) is 9.77. The van der Waals surface area contributed by atoms with Crippen LogP contribution in [0.15, 0.2) is 61.2 Å². The van der Waals surface area contributed by atoms with E-state index in [2.05, 4.69) is 6.58 Å². The summed E-state index contributed by atoms with van der Waals surface area (Å²) in [7, 11) is 0. The first kappa shape index (κ1) is 23.3. The highest BCUT2D eigenvalue weighted by molar-refractivity contribution is 5.81. The molecule has 3 N–H and O–H groups in total. The van der Waals surface area contributed by atoms with E-state index >= 15 is 0 Å². The Balaban J connectivity index is 2.22. The van der Waals surface area contributed by atoms with Crippen molar-refractivity contribution >= 4 is 17.6 Å². The topological polar surface area (TPSA) is 87.0 Å². The zero-order chi connectivity index (χ0) is 22.1. The third kappa shape index (κ3) is 6.27. The lowest BCUT2D eigenvalue weighted by molar-refractivity contribution is -0.157. The summed E-state index contributed by atoms with van der Waals surface area (Å²) in [6, 6.07) is 13.5. The summed E-state index contributed by atoms with van der Waals surface area (Å²) in [6.45, 7) is 5.37. The molecule has 0 aliphatic heterocycles. The Labute approximate surface area is 175 Å². The van der Waals surface area contributed by atoms with E-state index in [0.717, 1.165) is 11.1 Å². The van der Waals surface area contributed by atoms with Gasteiger partial charge in [-0.1, -0.05) is 48.6 Å². The number of hydrogen-bond donors (Lipinski definition) is 3. The number of phenolic OH excluding ortho intramolecular Hbond substituents is 1. The quantitative estimate of drug-likeness (QED) is 0.311. The molecule has 0 heterocycles. The van der Waals surface area contributed by atoms with Gasteiger partial charge in [0, 0.05) is 5.92 Å². The largest absolute Gasteiger partial charge is 0.505 e. The minimum absolute atomic E-state index is 0.125. The number of phenols is 1. The van der Waals surface area contributed by atoms with Crippen LogP contribution in [0.4, 0.5) is 4.39 Å². The van der Waals surface area contributed by atoms with Crippen LogP contribution in [0.2, 0.25) is 0 Å². The Morgan fingerprint density at radius 2 is 1.90 bits per heavy atom. The van der Waals surface area contributed by atoms with Gasteiger partial charge in [-0.15, -0.1) is 6.58 Å². The molecule has 0 radical (unpaired) electrons. The lowest BCUT2D eigenvalue weighted by Gasteiger charge is -2.24. The van der Waals surface area contributed by atoms with E-state index in [4.69, 9.17) is 4.74 Å². The van der Waals surface area contributed by atoms with Crippen LogP contribution in [0.25, 0.3) is 11.6 Å². The molecule has 0 aliphatic rings. The minimum Gasteiger partial charge on any atom is -0.505 e. The Morgan fingerprint density at radius 1 is 1.20 bits per heavy atom. The molecule has 3 atom stereocenters. The zero-order valence-electron chi connectivity index (χ0n) is 16.9. The van der Waals surface area contributed by atoms with Gasteiger partial charge in [-0.2, -0.15) is 0 Å². The van der Waals surface area contributed by atoms with E-state index in [1.165, 1.54) is 18.2 Å². The average Bonchev–Trinajstić information content (AvgIpc) is 2.74. The van der Waals surface area contributed by atoms with Gasteiger partial charge >= 0.3 is 5.97 Å². The first-order chi connectivity index (χ1) is 14.4. The molecule has 160 valence electrons. The van der Waals surface area contributed by atoms with Gasteiger partial charge in [0.1, 0.15) is 0 Å². The molecule has 30 heavy (non-hydrogen) atoms. The van der Waals surface area contributed by atoms with E-state index < -0.39 is 35.7 Å². The van der Waals surface area contributed by atoms with Crippen LogP contribution in [0, 0.1) is 11.7 Å². The Bertz CT molecular complexity index is 878. The number of carbonyl (C=O) groups is 1. The lowest BCUT2D eigenvalue weighted by atomic mass is 9.89. The van der Waals surface area contributed by atoms with Crippen molar-refractivity contribution in [3.8, 4) is 5.75 Å². The molecule has 2 rings (SSSR count). The second kappa shape index (κ2) is 11.3. The molecular formula is C24H27FO5. The molecule has 0 bridgehead atoms. The van der Waals surface area contributed by atoms with Gasteiger partial charge in [0.2, 0.25) is 0 Å². The zero-order valence-corrected chi connectivity index (χ0v) is 16.9. The van der Waals surface area contributed by atoms with Crippen molar-refractivity contribution < 1.29 is 29.2 Å². The maximum atomic E-state index is 13.7. The molecule has 0 aromatic heterocycles. The number of aliphatic hydroxyl groups is 2. The summed E-state index contributed by atoms with van der Waals surface area (Å²) in [5.41, 5.74) is 2.28. The Kier molecular flexibility index (Phi) is 8.77. The van der Waals surface area contributed by atoms with Gasteiger partial charge in [0.15, 0.2) is 17.7 Å². The van der Waals surface area contributed by atoms with Crippen molar-refractivity contribution in [2.24, 2.45) is 5.92 Å². The molecule has 2 aromatic rings. The summed E-state index contributed by atoms with van der Waals surface area (Å²) in [4.78, 5) is 11.8. The molecule has 5 nitrogen and oxygen atoms in total. The van der Waals surface area contributed by atoms with Crippen LogP contribution in [-0.2, 0) is 9.53 Å². The number of hydrogen-bond acceptors (Lipinski definition) is 5.